The number of rotatable bonds is 4. The molecule has 4 nitrogen and oxygen atoms in total. The molecule has 4 heteroatoms. The highest BCUT2D eigenvalue weighted by Crippen LogP contribution is 2.15. The van der Waals surface area contributed by atoms with Crippen molar-refractivity contribution in [1.29, 1.82) is 5.26 Å². The largest absolute Gasteiger partial charge is 0.313 e. The number of pyridine rings is 1. The summed E-state index contributed by atoms with van der Waals surface area (Å²) < 4.78 is 0. The third kappa shape index (κ3) is 2.80. The fourth-order valence-corrected chi connectivity index (χ4v) is 1.45. The van der Waals surface area contributed by atoms with Crippen LogP contribution >= 0.6 is 0 Å². The molecule has 0 aliphatic heterocycles. The van der Waals surface area contributed by atoms with Crippen LogP contribution in [0.5, 0.6) is 0 Å². The highest BCUT2D eigenvalue weighted by atomic mass is 16.2. The van der Waals surface area contributed by atoms with Crippen LogP contribution in [0.3, 0.4) is 0 Å². The zero-order valence-electron chi connectivity index (χ0n) is 9.55. The Morgan fingerprint density at radius 2 is 2.44 bits per heavy atom. The summed E-state index contributed by atoms with van der Waals surface area (Å²) in [6.45, 7) is 1.96. The van der Waals surface area contributed by atoms with Crippen molar-refractivity contribution < 1.29 is 4.79 Å². The number of carbonyl (C=O) groups is 1. The van der Waals surface area contributed by atoms with Crippen molar-refractivity contribution in [3.8, 4) is 6.07 Å². The Hall–Kier alpha value is -1.89. The van der Waals surface area contributed by atoms with Crippen LogP contribution in [0.15, 0.2) is 24.5 Å². The first-order chi connectivity index (χ1) is 7.70. The second-order valence-corrected chi connectivity index (χ2v) is 3.58. The van der Waals surface area contributed by atoms with Crippen molar-refractivity contribution in [2.75, 3.05) is 11.9 Å². The van der Waals surface area contributed by atoms with E-state index in [0.717, 1.165) is 6.42 Å². The maximum atomic E-state index is 11.9. The molecule has 16 heavy (non-hydrogen) atoms. The minimum atomic E-state index is -0.560. The molecular weight excluding hydrogens is 202 g/mol. The van der Waals surface area contributed by atoms with E-state index in [2.05, 4.69) is 4.98 Å². The predicted octanol–water partition coefficient (Wildman–Crippen LogP) is 1.98. The number of aromatic nitrogens is 1. The zero-order chi connectivity index (χ0) is 12.0. The number of amides is 1. The standard InChI is InChI=1S/C12H15N3O/c1-3-5-10(8-13)12(16)15(2)11-6-4-7-14-9-11/h4,6-7,9-10H,3,5H2,1-2H3. The Morgan fingerprint density at radius 3 is 2.94 bits per heavy atom. The number of carbonyl (C=O) groups excluding carboxylic acids is 1. The van der Waals surface area contributed by atoms with E-state index in [1.165, 1.54) is 4.90 Å². The molecule has 0 saturated carbocycles. The SMILES string of the molecule is CCCC(C#N)C(=O)N(C)c1cccnc1. The van der Waals surface area contributed by atoms with Gasteiger partial charge in [-0.1, -0.05) is 13.3 Å². The smallest absolute Gasteiger partial charge is 0.244 e. The van der Waals surface area contributed by atoms with Crippen molar-refractivity contribution in [1.82, 2.24) is 4.98 Å². The minimum Gasteiger partial charge on any atom is -0.313 e. The van der Waals surface area contributed by atoms with Crippen molar-refractivity contribution in [2.45, 2.75) is 19.8 Å². The van der Waals surface area contributed by atoms with E-state index in [1.54, 1.807) is 31.6 Å². The van der Waals surface area contributed by atoms with Gasteiger partial charge in [-0.2, -0.15) is 5.26 Å². The Kier molecular flexibility index (Phi) is 4.46. The van der Waals surface area contributed by atoms with Gasteiger partial charge in [0.1, 0.15) is 5.92 Å². The highest BCUT2D eigenvalue weighted by Gasteiger charge is 2.21. The monoisotopic (exact) mass is 217 g/mol. The number of hydrogen-bond donors (Lipinski definition) is 0. The molecule has 1 heterocycles. The molecule has 1 aromatic rings. The Bertz CT molecular complexity index is 383. The van der Waals surface area contributed by atoms with Crippen LogP contribution < -0.4 is 4.90 Å². The van der Waals surface area contributed by atoms with Gasteiger partial charge in [0, 0.05) is 13.2 Å². The lowest BCUT2D eigenvalue weighted by Gasteiger charge is -2.19. The quantitative estimate of drug-likeness (QED) is 0.774. The molecule has 0 bridgehead atoms. The molecule has 1 rings (SSSR count). The van der Waals surface area contributed by atoms with Gasteiger partial charge in [0.15, 0.2) is 0 Å². The van der Waals surface area contributed by atoms with E-state index in [4.69, 9.17) is 5.26 Å². The lowest BCUT2D eigenvalue weighted by Crippen LogP contribution is -2.32. The molecule has 1 unspecified atom stereocenters. The van der Waals surface area contributed by atoms with Crippen LogP contribution in [0.25, 0.3) is 0 Å². The van der Waals surface area contributed by atoms with Gasteiger partial charge in [-0.15, -0.1) is 0 Å². The average molecular weight is 217 g/mol. The van der Waals surface area contributed by atoms with Crippen LogP contribution in [-0.4, -0.2) is 17.9 Å². The summed E-state index contributed by atoms with van der Waals surface area (Å²) in [6.07, 6.45) is 4.68. The van der Waals surface area contributed by atoms with Crippen LogP contribution in [0.1, 0.15) is 19.8 Å². The molecule has 0 N–H and O–H groups in total. The van der Waals surface area contributed by atoms with Gasteiger partial charge < -0.3 is 4.90 Å². The number of nitriles is 1. The van der Waals surface area contributed by atoms with Crippen molar-refractivity contribution in [2.24, 2.45) is 5.92 Å². The van der Waals surface area contributed by atoms with E-state index in [9.17, 15) is 4.79 Å². The molecule has 0 aromatic carbocycles. The van der Waals surface area contributed by atoms with Gasteiger partial charge >= 0.3 is 0 Å². The molecular formula is C12H15N3O. The minimum absolute atomic E-state index is 0.169. The first-order valence-corrected chi connectivity index (χ1v) is 5.28. The third-order valence-electron chi connectivity index (χ3n) is 2.40. The van der Waals surface area contributed by atoms with Gasteiger partial charge in [0.05, 0.1) is 18.0 Å². The fraction of sp³-hybridized carbons (Fsp3) is 0.417. The Balaban J connectivity index is 2.78. The lowest BCUT2D eigenvalue weighted by molar-refractivity contribution is -0.120. The highest BCUT2D eigenvalue weighted by molar-refractivity contribution is 5.95. The van der Waals surface area contributed by atoms with Gasteiger partial charge in [-0.05, 0) is 18.6 Å². The first kappa shape index (κ1) is 12.2. The van der Waals surface area contributed by atoms with Crippen LogP contribution in [0.4, 0.5) is 5.69 Å². The average Bonchev–Trinajstić information content (AvgIpc) is 2.35. The molecule has 1 atom stereocenters. The van der Waals surface area contributed by atoms with E-state index in [1.807, 2.05) is 13.0 Å². The summed E-state index contributed by atoms with van der Waals surface area (Å²) in [6, 6.07) is 5.60. The maximum absolute atomic E-state index is 11.9. The van der Waals surface area contributed by atoms with Gasteiger partial charge in [0.25, 0.3) is 0 Å². The molecule has 0 fully saturated rings. The lowest BCUT2D eigenvalue weighted by atomic mass is 10.0. The number of anilines is 1. The molecule has 1 amide bonds. The van der Waals surface area contributed by atoms with E-state index < -0.39 is 5.92 Å². The van der Waals surface area contributed by atoms with Crippen molar-refractivity contribution in [3.63, 3.8) is 0 Å². The Morgan fingerprint density at radius 1 is 1.69 bits per heavy atom. The van der Waals surface area contributed by atoms with Gasteiger partial charge in [-0.25, -0.2) is 0 Å². The second kappa shape index (κ2) is 5.86. The molecule has 0 aliphatic rings. The normalized spacial score (nSPS) is 11.6. The van der Waals surface area contributed by atoms with Crippen molar-refractivity contribution in [3.05, 3.63) is 24.5 Å². The van der Waals surface area contributed by atoms with E-state index >= 15 is 0 Å². The second-order valence-electron chi connectivity index (χ2n) is 3.58. The van der Waals surface area contributed by atoms with Gasteiger partial charge in [-0.3, -0.25) is 9.78 Å². The fourth-order valence-electron chi connectivity index (χ4n) is 1.45. The van der Waals surface area contributed by atoms with Crippen LogP contribution in [0, 0.1) is 17.2 Å². The van der Waals surface area contributed by atoms with Crippen LogP contribution in [0.2, 0.25) is 0 Å². The zero-order valence-corrected chi connectivity index (χ0v) is 9.55. The third-order valence-corrected chi connectivity index (χ3v) is 2.40. The summed E-state index contributed by atoms with van der Waals surface area (Å²) >= 11 is 0. The van der Waals surface area contributed by atoms with Gasteiger partial charge in [0.2, 0.25) is 5.91 Å². The molecule has 0 spiro atoms. The van der Waals surface area contributed by atoms with E-state index in [-0.39, 0.29) is 5.91 Å². The molecule has 1 aromatic heterocycles. The molecule has 0 radical (unpaired) electrons. The molecule has 0 aliphatic carbocycles. The molecule has 0 saturated heterocycles. The summed E-state index contributed by atoms with van der Waals surface area (Å²) in [4.78, 5) is 17.4. The topological polar surface area (TPSA) is 57.0 Å². The summed E-state index contributed by atoms with van der Waals surface area (Å²) in [5, 5.41) is 8.91. The van der Waals surface area contributed by atoms with Crippen molar-refractivity contribution >= 4 is 11.6 Å². The number of nitrogens with zero attached hydrogens (tertiary/aromatic N) is 3. The first-order valence-electron chi connectivity index (χ1n) is 5.28. The maximum Gasteiger partial charge on any atom is 0.244 e. The summed E-state index contributed by atoms with van der Waals surface area (Å²) in [5.74, 6) is -0.729. The summed E-state index contributed by atoms with van der Waals surface area (Å²) in [7, 11) is 1.67. The van der Waals surface area contributed by atoms with Crippen LogP contribution in [-0.2, 0) is 4.79 Å². The van der Waals surface area contributed by atoms with E-state index in [0.29, 0.717) is 12.1 Å². The summed E-state index contributed by atoms with van der Waals surface area (Å²) in [5.41, 5.74) is 0.712. The Labute approximate surface area is 95.5 Å². The predicted molar refractivity (Wildman–Crippen MR) is 61.7 cm³/mol. The number of hydrogen-bond acceptors (Lipinski definition) is 3. The molecule has 84 valence electrons.